The van der Waals surface area contributed by atoms with E-state index in [0.29, 0.717) is 26.7 Å². The molecule has 3 rings (SSSR count). The van der Waals surface area contributed by atoms with Crippen LogP contribution in [0.15, 0.2) is 46.6 Å². The molecule has 130 valence electrons. The fraction of sp³-hybridized carbons (Fsp3) is 0.118. The van der Waals surface area contributed by atoms with Crippen LogP contribution in [0.1, 0.15) is 18.4 Å². The van der Waals surface area contributed by atoms with Gasteiger partial charge in [-0.3, -0.25) is 9.36 Å². The Morgan fingerprint density at radius 3 is 2.85 bits per heavy atom. The standard InChI is InChI=1S/C17H13ClN6OS/c1-10-22-23-17(26-16-7-6-14(18)15(9-19)21-16)24(10)13-5-3-4-12(8-13)20-11(2)25/h3-8H,1-2H3,(H,20,25). The zero-order chi connectivity index (χ0) is 18.7. The third-order valence-corrected chi connectivity index (χ3v) is 4.53. The molecule has 7 nitrogen and oxygen atoms in total. The summed E-state index contributed by atoms with van der Waals surface area (Å²) in [6.45, 7) is 3.29. The van der Waals surface area contributed by atoms with E-state index < -0.39 is 0 Å². The van der Waals surface area contributed by atoms with Gasteiger partial charge in [0.15, 0.2) is 5.69 Å². The summed E-state index contributed by atoms with van der Waals surface area (Å²) in [5, 5.41) is 21.6. The van der Waals surface area contributed by atoms with Crippen LogP contribution in [0.2, 0.25) is 5.02 Å². The molecular formula is C17H13ClN6OS. The highest BCUT2D eigenvalue weighted by Gasteiger charge is 2.14. The predicted molar refractivity (Wildman–Crippen MR) is 98.5 cm³/mol. The van der Waals surface area contributed by atoms with Crippen LogP contribution in [0.4, 0.5) is 5.69 Å². The van der Waals surface area contributed by atoms with Gasteiger partial charge < -0.3 is 5.32 Å². The summed E-state index contributed by atoms with van der Waals surface area (Å²) >= 11 is 7.20. The number of nitrogens with one attached hydrogen (secondary N) is 1. The van der Waals surface area contributed by atoms with Gasteiger partial charge in [0.1, 0.15) is 16.9 Å². The van der Waals surface area contributed by atoms with Crippen molar-refractivity contribution >= 4 is 35.0 Å². The highest BCUT2D eigenvalue weighted by atomic mass is 35.5. The molecule has 2 heterocycles. The van der Waals surface area contributed by atoms with E-state index in [9.17, 15) is 4.79 Å². The average Bonchev–Trinajstić information content (AvgIpc) is 2.96. The molecule has 0 bridgehead atoms. The summed E-state index contributed by atoms with van der Waals surface area (Å²) < 4.78 is 1.85. The van der Waals surface area contributed by atoms with Crippen LogP contribution in [0.3, 0.4) is 0 Å². The Labute approximate surface area is 159 Å². The second-order valence-electron chi connectivity index (χ2n) is 5.29. The normalized spacial score (nSPS) is 10.4. The van der Waals surface area contributed by atoms with E-state index in [0.717, 1.165) is 5.69 Å². The summed E-state index contributed by atoms with van der Waals surface area (Å²) in [6, 6.07) is 12.7. The van der Waals surface area contributed by atoms with Gasteiger partial charge in [-0.1, -0.05) is 17.7 Å². The summed E-state index contributed by atoms with van der Waals surface area (Å²) in [5.74, 6) is 0.536. The fourth-order valence-corrected chi connectivity index (χ4v) is 3.30. The van der Waals surface area contributed by atoms with E-state index in [1.165, 1.54) is 18.7 Å². The minimum atomic E-state index is -0.147. The Kier molecular flexibility index (Phi) is 5.21. The van der Waals surface area contributed by atoms with Crippen LogP contribution >= 0.6 is 23.4 Å². The van der Waals surface area contributed by atoms with Crippen molar-refractivity contribution < 1.29 is 4.79 Å². The molecule has 9 heteroatoms. The van der Waals surface area contributed by atoms with Gasteiger partial charge >= 0.3 is 0 Å². The van der Waals surface area contributed by atoms with Gasteiger partial charge in [0, 0.05) is 12.6 Å². The molecule has 0 saturated carbocycles. The summed E-state index contributed by atoms with van der Waals surface area (Å²) in [4.78, 5) is 15.5. The van der Waals surface area contributed by atoms with Crippen LogP contribution in [-0.4, -0.2) is 25.7 Å². The van der Waals surface area contributed by atoms with Crippen molar-refractivity contribution in [1.29, 1.82) is 5.26 Å². The molecule has 0 saturated heterocycles. The number of amides is 1. The van der Waals surface area contributed by atoms with Gasteiger partial charge in [-0.25, -0.2) is 4.98 Å². The molecule has 3 aromatic rings. The first-order valence-corrected chi connectivity index (χ1v) is 8.72. The number of halogens is 1. The van der Waals surface area contributed by atoms with Crippen molar-refractivity contribution in [3.63, 3.8) is 0 Å². The maximum atomic E-state index is 11.3. The lowest BCUT2D eigenvalue weighted by Gasteiger charge is -2.10. The zero-order valence-electron chi connectivity index (χ0n) is 13.9. The number of carbonyl (C=O) groups excluding carboxylic acids is 1. The number of nitrogens with zero attached hydrogens (tertiary/aromatic N) is 5. The fourth-order valence-electron chi connectivity index (χ4n) is 2.29. The lowest BCUT2D eigenvalue weighted by atomic mass is 10.2. The number of benzene rings is 1. The lowest BCUT2D eigenvalue weighted by Crippen LogP contribution is -2.07. The number of aromatic nitrogens is 4. The number of pyridine rings is 1. The number of hydrogen-bond donors (Lipinski definition) is 1. The molecule has 0 spiro atoms. The topological polar surface area (TPSA) is 96.5 Å². The highest BCUT2D eigenvalue weighted by Crippen LogP contribution is 2.29. The van der Waals surface area contributed by atoms with Crippen molar-refractivity contribution in [3.8, 4) is 11.8 Å². The van der Waals surface area contributed by atoms with E-state index in [1.54, 1.807) is 18.2 Å². The van der Waals surface area contributed by atoms with Crippen molar-refractivity contribution in [2.75, 3.05) is 5.32 Å². The largest absolute Gasteiger partial charge is 0.326 e. The molecule has 1 aromatic carbocycles. The van der Waals surface area contributed by atoms with Crippen LogP contribution in [0, 0.1) is 18.3 Å². The van der Waals surface area contributed by atoms with Crippen LogP contribution in [-0.2, 0) is 4.79 Å². The first kappa shape index (κ1) is 17.9. The van der Waals surface area contributed by atoms with E-state index >= 15 is 0 Å². The molecule has 0 unspecified atom stereocenters. The van der Waals surface area contributed by atoms with Crippen LogP contribution < -0.4 is 5.32 Å². The first-order chi connectivity index (χ1) is 12.5. The van der Waals surface area contributed by atoms with Crippen molar-refractivity contribution in [1.82, 2.24) is 19.7 Å². The van der Waals surface area contributed by atoms with E-state index in [-0.39, 0.29) is 11.6 Å². The summed E-state index contributed by atoms with van der Waals surface area (Å²) in [7, 11) is 0. The first-order valence-electron chi connectivity index (χ1n) is 7.52. The van der Waals surface area contributed by atoms with Crippen molar-refractivity contribution in [2.45, 2.75) is 24.0 Å². The SMILES string of the molecule is CC(=O)Nc1cccc(-n2c(C)nnc2Sc2ccc(Cl)c(C#N)n2)c1. The van der Waals surface area contributed by atoms with Gasteiger partial charge in [0.25, 0.3) is 0 Å². The van der Waals surface area contributed by atoms with Gasteiger partial charge in [0.2, 0.25) is 11.1 Å². The second-order valence-corrected chi connectivity index (χ2v) is 6.69. The monoisotopic (exact) mass is 384 g/mol. The second kappa shape index (κ2) is 7.56. The van der Waals surface area contributed by atoms with Gasteiger partial charge in [-0.05, 0) is 49.0 Å². The molecule has 26 heavy (non-hydrogen) atoms. The Hall–Kier alpha value is -2.89. The maximum Gasteiger partial charge on any atom is 0.221 e. The Bertz CT molecular complexity index is 1030. The van der Waals surface area contributed by atoms with Gasteiger partial charge in [-0.2, -0.15) is 5.26 Å². The summed E-state index contributed by atoms with van der Waals surface area (Å²) in [5.41, 5.74) is 1.64. The van der Waals surface area contributed by atoms with Crippen LogP contribution in [0.5, 0.6) is 0 Å². The quantitative estimate of drug-likeness (QED) is 0.738. The molecule has 0 radical (unpaired) electrons. The number of hydrogen-bond acceptors (Lipinski definition) is 6. The molecular weight excluding hydrogens is 372 g/mol. The molecule has 0 fully saturated rings. The van der Waals surface area contributed by atoms with Crippen molar-refractivity contribution in [2.24, 2.45) is 0 Å². The lowest BCUT2D eigenvalue weighted by molar-refractivity contribution is -0.114. The Morgan fingerprint density at radius 2 is 2.12 bits per heavy atom. The third-order valence-electron chi connectivity index (χ3n) is 3.34. The zero-order valence-corrected chi connectivity index (χ0v) is 15.5. The minimum Gasteiger partial charge on any atom is -0.326 e. The molecule has 1 amide bonds. The smallest absolute Gasteiger partial charge is 0.221 e. The Balaban J connectivity index is 1.98. The number of anilines is 1. The minimum absolute atomic E-state index is 0.147. The van der Waals surface area contributed by atoms with E-state index in [4.69, 9.17) is 16.9 Å². The summed E-state index contributed by atoms with van der Waals surface area (Å²) in [6.07, 6.45) is 0. The Morgan fingerprint density at radius 1 is 1.31 bits per heavy atom. The number of rotatable bonds is 4. The highest BCUT2D eigenvalue weighted by molar-refractivity contribution is 7.99. The number of aryl methyl sites for hydroxylation is 1. The van der Waals surface area contributed by atoms with Gasteiger partial charge in [0.05, 0.1) is 10.7 Å². The average molecular weight is 385 g/mol. The van der Waals surface area contributed by atoms with Crippen LogP contribution in [0.25, 0.3) is 5.69 Å². The molecule has 0 aliphatic rings. The number of carbonyl (C=O) groups is 1. The molecule has 0 aliphatic carbocycles. The third kappa shape index (κ3) is 3.85. The molecule has 1 N–H and O–H groups in total. The van der Waals surface area contributed by atoms with E-state index in [1.807, 2.05) is 35.8 Å². The van der Waals surface area contributed by atoms with E-state index in [2.05, 4.69) is 20.5 Å². The predicted octanol–water partition coefficient (Wildman–Crippen LogP) is 3.61. The van der Waals surface area contributed by atoms with Gasteiger partial charge in [-0.15, -0.1) is 10.2 Å². The maximum absolute atomic E-state index is 11.3. The molecule has 0 atom stereocenters. The van der Waals surface area contributed by atoms with Crippen molar-refractivity contribution in [3.05, 3.63) is 52.9 Å². The number of nitriles is 1. The molecule has 2 aromatic heterocycles. The molecule has 0 aliphatic heterocycles.